The molecule has 0 aliphatic carbocycles. The molecule has 0 saturated carbocycles. The Hall–Kier alpha value is -4.50. The van der Waals surface area contributed by atoms with Gasteiger partial charge in [0.15, 0.2) is 5.82 Å². The van der Waals surface area contributed by atoms with E-state index in [-0.39, 0.29) is 36.2 Å². The molecule has 0 unspecified atom stereocenters. The SMILES string of the molecule is CCCCn1cc(NC(=O)Nc2ccc(OC(F)(F)F)cc2)nc1C(=O)NCCNc1ccc(C(F)(F)F)cn1. The number of rotatable bonds is 11. The van der Waals surface area contributed by atoms with Gasteiger partial charge in [-0.2, -0.15) is 13.2 Å². The number of carbonyl (C=O) groups excluding carboxylic acids is 2. The minimum atomic E-state index is -4.84. The summed E-state index contributed by atoms with van der Waals surface area (Å²) in [7, 11) is 0. The number of pyridine rings is 1. The lowest BCUT2D eigenvalue weighted by Crippen LogP contribution is -2.31. The Bertz CT molecular complexity index is 1280. The molecule has 1 aromatic carbocycles. The second kappa shape index (κ2) is 13.0. The molecule has 216 valence electrons. The van der Waals surface area contributed by atoms with E-state index in [4.69, 9.17) is 0 Å². The number of hydrogen-bond donors (Lipinski definition) is 4. The fraction of sp³-hybridized carbons (Fsp3) is 0.333. The zero-order chi connectivity index (χ0) is 29.3. The number of alkyl halides is 6. The molecule has 3 amide bonds. The van der Waals surface area contributed by atoms with Gasteiger partial charge in [0.1, 0.15) is 11.6 Å². The molecule has 2 heterocycles. The second-order valence-electron chi connectivity index (χ2n) is 8.26. The van der Waals surface area contributed by atoms with Crippen LogP contribution in [-0.4, -0.2) is 45.9 Å². The van der Waals surface area contributed by atoms with E-state index in [2.05, 4.69) is 36.0 Å². The van der Waals surface area contributed by atoms with Crippen LogP contribution in [0.25, 0.3) is 0 Å². The number of ether oxygens (including phenoxy) is 1. The van der Waals surface area contributed by atoms with Crippen LogP contribution in [0.5, 0.6) is 5.75 Å². The van der Waals surface area contributed by atoms with Crippen LogP contribution < -0.4 is 26.0 Å². The zero-order valence-corrected chi connectivity index (χ0v) is 21.0. The van der Waals surface area contributed by atoms with Crippen molar-refractivity contribution >= 4 is 29.3 Å². The number of amides is 3. The van der Waals surface area contributed by atoms with Gasteiger partial charge in [0.05, 0.1) is 5.56 Å². The van der Waals surface area contributed by atoms with Crippen molar-refractivity contribution in [1.29, 1.82) is 0 Å². The van der Waals surface area contributed by atoms with Crippen LogP contribution in [0.4, 0.5) is 48.5 Å². The molecule has 2 aromatic heterocycles. The number of anilines is 3. The minimum Gasteiger partial charge on any atom is -0.406 e. The monoisotopic (exact) mass is 573 g/mol. The Labute approximate surface area is 224 Å². The lowest BCUT2D eigenvalue weighted by Gasteiger charge is -2.10. The van der Waals surface area contributed by atoms with Gasteiger partial charge >= 0.3 is 18.6 Å². The lowest BCUT2D eigenvalue weighted by atomic mass is 10.3. The van der Waals surface area contributed by atoms with Crippen LogP contribution in [-0.2, 0) is 12.7 Å². The maximum absolute atomic E-state index is 12.7. The number of hydrogen-bond acceptors (Lipinski definition) is 6. The first-order chi connectivity index (χ1) is 18.8. The fourth-order valence-corrected chi connectivity index (χ4v) is 3.29. The summed E-state index contributed by atoms with van der Waals surface area (Å²) >= 11 is 0. The van der Waals surface area contributed by atoms with Crippen molar-refractivity contribution < 1.29 is 40.7 Å². The predicted molar refractivity (Wildman–Crippen MR) is 133 cm³/mol. The van der Waals surface area contributed by atoms with Gasteiger partial charge in [-0.1, -0.05) is 13.3 Å². The summed E-state index contributed by atoms with van der Waals surface area (Å²) in [5, 5.41) is 10.3. The Morgan fingerprint density at radius 3 is 2.27 bits per heavy atom. The van der Waals surface area contributed by atoms with Gasteiger partial charge in [-0.15, -0.1) is 13.2 Å². The number of benzene rings is 1. The number of nitrogens with zero attached hydrogens (tertiary/aromatic N) is 3. The number of carbonyl (C=O) groups is 2. The van der Waals surface area contributed by atoms with E-state index in [1.54, 1.807) is 4.57 Å². The van der Waals surface area contributed by atoms with Gasteiger partial charge < -0.3 is 25.3 Å². The minimum absolute atomic E-state index is 0.0186. The standard InChI is InChI=1S/C24H25F6N7O3/c1-2-3-12-37-14-19(36-22(39)34-16-5-7-17(8-6-16)40-24(28,29)30)35-20(37)21(38)32-11-10-31-18-9-4-15(13-33-18)23(25,26)27/h4-9,13-14H,2-3,10-12H2,1H3,(H,31,33)(H,32,38)(H2,34,36,39). The van der Waals surface area contributed by atoms with E-state index in [0.717, 1.165) is 31.0 Å². The van der Waals surface area contributed by atoms with E-state index in [1.807, 2.05) is 6.92 Å². The topological polar surface area (TPSA) is 122 Å². The number of halogens is 6. The van der Waals surface area contributed by atoms with Crippen LogP contribution in [0.15, 0.2) is 48.8 Å². The maximum atomic E-state index is 12.7. The van der Waals surface area contributed by atoms with E-state index < -0.39 is 35.8 Å². The van der Waals surface area contributed by atoms with Crippen molar-refractivity contribution in [2.24, 2.45) is 0 Å². The van der Waals surface area contributed by atoms with Crippen molar-refractivity contribution in [3.05, 3.63) is 60.2 Å². The summed E-state index contributed by atoms with van der Waals surface area (Å²) in [5.74, 6) is -0.721. The van der Waals surface area contributed by atoms with Crippen molar-refractivity contribution in [1.82, 2.24) is 19.9 Å². The van der Waals surface area contributed by atoms with Crippen LogP contribution in [0.2, 0.25) is 0 Å². The van der Waals surface area contributed by atoms with Crippen LogP contribution in [0, 0.1) is 0 Å². The smallest absolute Gasteiger partial charge is 0.406 e. The van der Waals surface area contributed by atoms with E-state index in [9.17, 15) is 35.9 Å². The first-order valence-corrected chi connectivity index (χ1v) is 11.9. The average molecular weight is 573 g/mol. The molecule has 4 N–H and O–H groups in total. The largest absolute Gasteiger partial charge is 0.573 e. The lowest BCUT2D eigenvalue weighted by molar-refractivity contribution is -0.274. The Balaban J connectivity index is 1.55. The summed E-state index contributed by atoms with van der Waals surface area (Å²) in [6.45, 7) is 2.65. The number of aromatic nitrogens is 3. The highest BCUT2D eigenvalue weighted by Gasteiger charge is 2.31. The quantitative estimate of drug-likeness (QED) is 0.178. The third-order valence-electron chi connectivity index (χ3n) is 5.13. The third kappa shape index (κ3) is 9.36. The van der Waals surface area contributed by atoms with E-state index >= 15 is 0 Å². The maximum Gasteiger partial charge on any atom is 0.573 e. The number of urea groups is 1. The molecule has 0 atom stereocenters. The molecule has 0 saturated heterocycles. The highest BCUT2D eigenvalue weighted by Crippen LogP contribution is 2.29. The molecule has 0 bridgehead atoms. The molecule has 0 fully saturated rings. The Morgan fingerprint density at radius 2 is 1.68 bits per heavy atom. The van der Waals surface area contributed by atoms with Crippen LogP contribution >= 0.6 is 0 Å². The Morgan fingerprint density at radius 1 is 0.950 bits per heavy atom. The van der Waals surface area contributed by atoms with Crippen LogP contribution in [0.1, 0.15) is 35.9 Å². The zero-order valence-electron chi connectivity index (χ0n) is 21.0. The van der Waals surface area contributed by atoms with Gasteiger partial charge in [-0.3, -0.25) is 10.1 Å². The number of aryl methyl sites for hydroxylation is 1. The molecule has 0 spiro atoms. The summed E-state index contributed by atoms with van der Waals surface area (Å²) in [5.41, 5.74) is -0.692. The van der Waals surface area contributed by atoms with Crippen molar-refractivity contribution in [3.8, 4) is 5.75 Å². The molecule has 0 radical (unpaired) electrons. The van der Waals surface area contributed by atoms with Gasteiger partial charge in [-0.25, -0.2) is 14.8 Å². The van der Waals surface area contributed by atoms with Crippen molar-refractivity contribution in [2.75, 3.05) is 29.0 Å². The molecule has 16 heteroatoms. The average Bonchev–Trinajstić information content (AvgIpc) is 3.27. The normalized spacial score (nSPS) is 11.6. The third-order valence-corrected chi connectivity index (χ3v) is 5.13. The van der Waals surface area contributed by atoms with Crippen molar-refractivity contribution in [2.45, 2.75) is 38.8 Å². The number of nitrogens with one attached hydrogen (secondary N) is 4. The highest BCUT2D eigenvalue weighted by atomic mass is 19.4. The first-order valence-electron chi connectivity index (χ1n) is 11.9. The molecular weight excluding hydrogens is 548 g/mol. The Kier molecular flexibility index (Phi) is 9.79. The van der Waals surface area contributed by atoms with Crippen molar-refractivity contribution in [3.63, 3.8) is 0 Å². The van der Waals surface area contributed by atoms with Crippen LogP contribution in [0.3, 0.4) is 0 Å². The van der Waals surface area contributed by atoms with E-state index in [0.29, 0.717) is 12.7 Å². The van der Waals surface area contributed by atoms with Gasteiger partial charge in [0.25, 0.3) is 5.91 Å². The molecule has 3 aromatic rings. The summed E-state index contributed by atoms with van der Waals surface area (Å²) in [6.07, 6.45) is -5.63. The molecule has 0 aliphatic rings. The molecule has 40 heavy (non-hydrogen) atoms. The fourth-order valence-electron chi connectivity index (χ4n) is 3.29. The van der Waals surface area contributed by atoms with Gasteiger partial charge in [-0.05, 0) is 42.8 Å². The predicted octanol–water partition coefficient (Wildman–Crippen LogP) is 5.48. The summed E-state index contributed by atoms with van der Waals surface area (Å²) < 4.78 is 80.1. The van der Waals surface area contributed by atoms with Gasteiger partial charge in [0, 0.05) is 37.7 Å². The number of unbranched alkanes of at least 4 members (excludes halogenated alkanes) is 1. The number of imidazole rings is 1. The van der Waals surface area contributed by atoms with Gasteiger partial charge in [0.2, 0.25) is 5.82 Å². The second-order valence-corrected chi connectivity index (χ2v) is 8.26. The van der Waals surface area contributed by atoms with E-state index in [1.165, 1.54) is 24.4 Å². The molecule has 10 nitrogen and oxygen atoms in total. The first kappa shape index (κ1) is 30.0. The molecular formula is C24H25F6N7O3. The summed E-state index contributed by atoms with van der Waals surface area (Å²) in [6, 6.07) is 5.82. The molecule has 0 aliphatic heterocycles. The summed E-state index contributed by atoms with van der Waals surface area (Å²) in [4.78, 5) is 32.9. The molecule has 3 rings (SSSR count). The highest BCUT2D eigenvalue weighted by molar-refractivity contribution is 5.99.